The van der Waals surface area contributed by atoms with Crippen LogP contribution in [0.25, 0.3) is 0 Å². The van der Waals surface area contributed by atoms with E-state index in [0.717, 1.165) is 25.5 Å². The first-order valence-corrected chi connectivity index (χ1v) is 7.78. The normalized spacial score (nSPS) is 10.6. The van der Waals surface area contributed by atoms with Crippen LogP contribution < -0.4 is 5.32 Å². The van der Waals surface area contributed by atoms with E-state index in [9.17, 15) is 0 Å². The summed E-state index contributed by atoms with van der Waals surface area (Å²) >= 11 is 14.5. The third-order valence-corrected chi connectivity index (χ3v) is 5.32. The van der Waals surface area contributed by atoms with Crippen molar-refractivity contribution in [1.82, 2.24) is 0 Å². The number of rotatable bonds is 3. The lowest BCUT2D eigenvalue weighted by molar-refractivity contribution is 1.18. The van der Waals surface area contributed by atoms with Gasteiger partial charge in [0.15, 0.2) is 0 Å². The summed E-state index contributed by atoms with van der Waals surface area (Å²) in [5.74, 6) is 0. The van der Waals surface area contributed by atoms with Gasteiger partial charge in [0.25, 0.3) is 0 Å². The molecule has 1 nitrogen and oxygen atoms in total. The van der Waals surface area contributed by atoms with Gasteiger partial charge in [0.1, 0.15) is 4.34 Å². The van der Waals surface area contributed by atoms with Gasteiger partial charge in [-0.15, -0.1) is 11.3 Å². The van der Waals surface area contributed by atoms with Gasteiger partial charge in [-0.05, 0) is 46.6 Å². The van der Waals surface area contributed by atoms with Crippen molar-refractivity contribution in [1.29, 1.82) is 0 Å². The van der Waals surface area contributed by atoms with Crippen molar-refractivity contribution in [3.63, 3.8) is 0 Å². The smallest absolute Gasteiger partial charge is 0.107 e. The summed E-state index contributed by atoms with van der Waals surface area (Å²) < 4.78 is 2.84. The molecule has 0 saturated carbocycles. The second-order valence-corrected chi connectivity index (χ2v) is 7.16. The van der Waals surface area contributed by atoms with Crippen molar-refractivity contribution in [2.75, 3.05) is 5.32 Å². The van der Waals surface area contributed by atoms with Gasteiger partial charge in [-0.25, -0.2) is 0 Å². The largest absolute Gasteiger partial charge is 0.380 e. The molecular formula is C12H10Br2ClNS. The lowest BCUT2D eigenvalue weighted by Crippen LogP contribution is -1.99. The van der Waals surface area contributed by atoms with Crippen LogP contribution in [0.15, 0.2) is 33.2 Å². The summed E-state index contributed by atoms with van der Waals surface area (Å²) in [4.78, 5) is 1.21. The third kappa shape index (κ3) is 3.47. The van der Waals surface area contributed by atoms with Crippen molar-refractivity contribution in [3.8, 4) is 0 Å². The highest BCUT2D eigenvalue weighted by Gasteiger charge is 2.05. The Labute approximate surface area is 126 Å². The number of hydrogen-bond acceptors (Lipinski definition) is 2. The molecule has 0 fully saturated rings. The van der Waals surface area contributed by atoms with E-state index in [2.05, 4.69) is 56.2 Å². The lowest BCUT2D eigenvalue weighted by atomic mass is 10.2. The molecule has 1 heterocycles. The fraction of sp³-hybridized carbons (Fsp3) is 0.167. The number of benzene rings is 1. The molecule has 0 aliphatic rings. The molecule has 0 amide bonds. The van der Waals surface area contributed by atoms with Gasteiger partial charge in [-0.1, -0.05) is 33.6 Å². The maximum Gasteiger partial charge on any atom is 0.107 e. The summed E-state index contributed by atoms with van der Waals surface area (Å²) in [5.41, 5.74) is 2.37. The summed E-state index contributed by atoms with van der Waals surface area (Å²) in [6.07, 6.45) is 0. The van der Waals surface area contributed by atoms with Crippen LogP contribution in [0.5, 0.6) is 0 Å². The Balaban J connectivity index is 2.09. The predicted octanol–water partition coefficient (Wildman–Crippen LogP) is 5.85. The minimum Gasteiger partial charge on any atom is -0.380 e. The van der Waals surface area contributed by atoms with Gasteiger partial charge < -0.3 is 5.32 Å². The molecular weight excluding hydrogens is 385 g/mol. The fourth-order valence-corrected chi connectivity index (χ4v) is 3.54. The average molecular weight is 396 g/mol. The van der Waals surface area contributed by atoms with Crippen molar-refractivity contribution < 1.29 is 0 Å². The summed E-state index contributed by atoms with van der Waals surface area (Å²) in [6.45, 7) is 2.87. The molecule has 1 N–H and O–H groups in total. The number of aryl methyl sites for hydroxylation is 1. The molecule has 0 radical (unpaired) electrons. The molecule has 90 valence electrons. The minimum absolute atomic E-state index is 0.785. The molecule has 2 rings (SSSR count). The van der Waals surface area contributed by atoms with Crippen LogP contribution in [-0.4, -0.2) is 0 Å². The predicted molar refractivity (Wildman–Crippen MR) is 83.2 cm³/mol. The maximum absolute atomic E-state index is 6.00. The molecule has 0 unspecified atom stereocenters. The van der Waals surface area contributed by atoms with E-state index < -0.39 is 0 Å². The first kappa shape index (κ1) is 13.4. The van der Waals surface area contributed by atoms with Crippen LogP contribution in [0.1, 0.15) is 10.4 Å². The fourth-order valence-electron chi connectivity index (χ4n) is 1.45. The Bertz CT molecular complexity index is 520. The SMILES string of the molecule is Cc1ccc(Br)cc1NCc1cc(Br)c(Cl)s1. The molecule has 0 spiro atoms. The molecule has 0 saturated heterocycles. The molecule has 1 aromatic heterocycles. The highest BCUT2D eigenvalue weighted by Crippen LogP contribution is 2.32. The monoisotopic (exact) mass is 393 g/mol. The third-order valence-electron chi connectivity index (χ3n) is 2.35. The molecule has 0 aliphatic carbocycles. The lowest BCUT2D eigenvalue weighted by Gasteiger charge is -2.08. The van der Waals surface area contributed by atoms with Crippen LogP contribution in [0.3, 0.4) is 0 Å². The number of thiophene rings is 1. The molecule has 0 aliphatic heterocycles. The van der Waals surface area contributed by atoms with Crippen molar-refractivity contribution >= 4 is 60.5 Å². The second-order valence-electron chi connectivity index (χ2n) is 3.65. The van der Waals surface area contributed by atoms with E-state index in [0.29, 0.717) is 0 Å². The van der Waals surface area contributed by atoms with E-state index in [1.807, 2.05) is 12.1 Å². The Kier molecular flexibility index (Phi) is 4.53. The minimum atomic E-state index is 0.785. The highest BCUT2D eigenvalue weighted by molar-refractivity contribution is 9.10. The van der Waals surface area contributed by atoms with Gasteiger partial charge in [-0.3, -0.25) is 0 Å². The first-order valence-electron chi connectivity index (χ1n) is 5.00. The number of anilines is 1. The highest BCUT2D eigenvalue weighted by atomic mass is 79.9. The molecule has 17 heavy (non-hydrogen) atoms. The quantitative estimate of drug-likeness (QED) is 0.688. The van der Waals surface area contributed by atoms with Gasteiger partial charge in [-0.2, -0.15) is 0 Å². The van der Waals surface area contributed by atoms with Crippen LogP contribution in [0.4, 0.5) is 5.69 Å². The Morgan fingerprint density at radius 3 is 2.71 bits per heavy atom. The van der Waals surface area contributed by atoms with E-state index in [4.69, 9.17) is 11.6 Å². The van der Waals surface area contributed by atoms with Crippen molar-refractivity contribution in [3.05, 3.63) is 48.0 Å². The standard InChI is InChI=1S/C12H10Br2ClNS/c1-7-2-3-8(13)4-11(7)16-6-9-5-10(14)12(15)17-9/h2-5,16H,6H2,1H3. The van der Waals surface area contributed by atoms with E-state index in [1.54, 1.807) is 11.3 Å². The van der Waals surface area contributed by atoms with Crippen LogP contribution in [-0.2, 0) is 6.54 Å². The van der Waals surface area contributed by atoms with Gasteiger partial charge in [0, 0.05) is 26.1 Å². The molecule has 2 aromatic rings. The van der Waals surface area contributed by atoms with Gasteiger partial charge in [0.2, 0.25) is 0 Å². The Morgan fingerprint density at radius 1 is 1.29 bits per heavy atom. The second kappa shape index (κ2) is 5.74. The van der Waals surface area contributed by atoms with E-state index >= 15 is 0 Å². The van der Waals surface area contributed by atoms with E-state index in [1.165, 1.54) is 10.4 Å². The molecule has 0 atom stereocenters. The number of halogens is 3. The summed E-state index contributed by atoms with van der Waals surface area (Å²) in [5, 5.41) is 3.41. The van der Waals surface area contributed by atoms with E-state index in [-0.39, 0.29) is 0 Å². The van der Waals surface area contributed by atoms with Gasteiger partial charge >= 0.3 is 0 Å². The maximum atomic E-state index is 6.00. The topological polar surface area (TPSA) is 12.0 Å². The zero-order valence-corrected chi connectivity index (χ0v) is 13.8. The zero-order valence-electron chi connectivity index (χ0n) is 9.06. The average Bonchev–Trinajstić information content (AvgIpc) is 2.60. The molecule has 5 heteroatoms. The number of nitrogens with one attached hydrogen (secondary N) is 1. The molecule has 1 aromatic carbocycles. The molecule has 0 bridgehead atoms. The van der Waals surface area contributed by atoms with Crippen LogP contribution in [0.2, 0.25) is 4.34 Å². The van der Waals surface area contributed by atoms with Crippen molar-refractivity contribution in [2.24, 2.45) is 0 Å². The zero-order chi connectivity index (χ0) is 12.4. The van der Waals surface area contributed by atoms with Crippen LogP contribution >= 0.6 is 54.8 Å². The van der Waals surface area contributed by atoms with Crippen molar-refractivity contribution in [2.45, 2.75) is 13.5 Å². The first-order chi connectivity index (χ1) is 8.06. The van der Waals surface area contributed by atoms with Gasteiger partial charge in [0.05, 0.1) is 0 Å². The Morgan fingerprint density at radius 2 is 2.06 bits per heavy atom. The summed E-state index contributed by atoms with van der Waals surface area (Å²) in [6, 6.07) is 8.26. The Hall–Kier alpha value is -0.0300. The number of hydrogen-bond donors (Lipinski definition) is 1. The summed E-state index contributed by atoms with van der Waals surface area (Å²) in [7, 11) is 0. The van der Waals surface area contributed by atoms with Crippen LogP contribution in [0, 0.1) is 6.92 Å².